The number of rotatable bonds is 4. The molecule has 0 saturated heterocycles. The van der Waals surface area contributed by atoms with Gasteiger partial charge in [0.2, 0.25) is 0 Å². The predicted molar refractivity (Wildman–Crippen MR) is 46.8 cm³/mol. The summed E-state index contributed by atoms with van der Waals surface area (Å²) in [6.07, 6.45) is 4.75. The molecule has 0 heterocycles. The van der Waals surface area contributed by atoms with Crippen LogP contribution >= 0.6 is 15.9 Å². The Morgan fingerprint density at radius 3 is 2.33 bits per heavy atom. The summed E-state index contributed by atoms with van der Waals surface area (Å²) < 4.78 is 0. The molecule has 0 aliphatic heterocycles. The van der Waals surface area contributed by atoms with Crippen molar-refractivity contribution in [2.45, 2.75) is 38.4 Å². The lowest BCUT2D eigenvalue weighted by atomic mass is 10.0. The van der Waals surface area contributed by atoms with E-state index >= 15 is 0 Å². The largest absolute Gasteiger partial charge is 0.0888 e. The second-order valence-corrected chi connectivity index (χ2v) is 3.60. The second-order valence-electron chi connectivity index (χ2n) is 2.43. The van der Waals surface area contributed by atoms with Crippen molar-refractivity contribution in [3.63, 3.8) is 0 Å². The second kappa shape index (κ2) is 5.28. The van der Waals surface area contributed by atoms with Gasteiger partial charge in [0.25, 0.3) is 0 Å². The van der Waals surface area contributed by atoms with E-state index in [9.17, 15) is 0 Å². The molecular formula is C8H16Br. The van der Waals surface area contributed by atoms with Crippen molar-refractivity contribution < 1.29 is 0 Å². The summed E-state index contributed by atoms with van der Waals surface area (Å²) in [5.41, 5.74) is 0. The Balaban J connectivity index is 3.32. The average Bonchev–Trinajstić information content (AvgIpc) is 1.87. The minimum Gasteiger partial charge on any atom is -0.0888 e. The lowest BCUT2D eigenvalue weighted by Gasteiger charge is -2.14. The summed E-state index contributed by atoms with van der Waals surface area (Å²) >= 11 is 3.61. The molecule has 0 N–H and O–H groups in total. The van der Waals surface area contributed by atoms with E-state index in [2.05, 4.69) is 43.1 Å². The van der Waals surface area contributed by atoms with E-state index in [1.165, 1.54) is 12.8 Å². The quantitative estimate of drug-likeness (QED) is 0.598. The van der Waals surface area contributed by atoms with Crippen molar-refractivity contribution in [2.24, 2.45) is 5.92 Å². The zero-order chi connectivity index (χ0) is 7.28. The Kier molecular flexibility index (Phi) is 5.56. The van der Waals surface area contributed by atoms with Gasteiger partial charge in [-0.25, -0.2) is 0 Å². The highest BCUT2D eigenvalue weighted by molar-refractivity contribution is 9.09. The van der Waals surface area contributed by atoms with Gasteiger partial charge in [-0.15, -0.1) is 0 Å². The maximum absolute atomic E-state index is 3.61. The van der Waals surface area contributed by atoms with Gasteiger partial charge in [0.15, 0.2) is 0 Å². The Hall–Kier alpha value is 0.480. The van der Waals surface area contributed by atoms with Gasteiger partial charge in [0, 0.05) is 4.83 Å². The molecule has 1 heteroatoms. The third kappa shape index (κ3) is 3.96. The van der Waals surface area contributed by atoms with Gasteiger partial charge in [-0.05, 0) is 18.8 Å². The van der Waals surface area contributed by atoms with Crippen molar-refractivity contribution >= 4 is 15.9 Å². The summed E-state index contributed by atoms with van der Waals surface area (Å²) in [5, 5.41) is 0. The molecule has 0 fully saturated rings. The Bertz CT molecular complexity index is 61.6. The smallest absolute Gasteiger partial charge is 0.0171 e. The molecule has 9 heavy (non-hydrogen) atoms. The van der Waals surface area contributed by atoms with Crippen LogP contribution in [0.4, 0.5) is 0 Å². The molecule has 0 saturated carbocycles. The molecule has 0 bridgehead atoms. The van der Waals surface area contributed by atoms with Crippen molar-refractivity contribution in [2.75, 3.05) is 0 Å². The molecule has 0 spiro atoms. The van der Waals surface area contributed by atoms with E-state index in [-0.39, 0.29) is 0 Å². The van der Waals surface area contributed by atoms with Gasteiger partial charge in [0.1, 0.15) is 0 Å². The van der Waals surface area contributed by atoms with Crippen LogP contribution in [0.3, 0.4) is 0 Å². The SMILES string of the molecule is CC[CH]C(C)C(Br)CC. The fourth-order valence-corrected chi connectivity index (χ4v) is 1.11. The zero-order valence-corrected chi connectivity index (χ0v) is 8.11. The van der Waals surface area contributed by atoms with Crippen LogP contribution in [0.5, 0.6) is 0 Å². The Morgan fingerprint density at radius 2 is 2.00 bits per heavy atom. The Labute approximate surface area is 67.2 Å². The van der Waals surface area contributed by atoms with Gasteiger partial charge >= 0.3 is 0 Å². The first kappa shape index (κ1) is 9.48. The van der Waals surface area contributed by atoms with Gasteiger partial charge in [-0.1, -0.05) is 43.1 Å². The van der Waals surface area contributed by atoms with Crippen LogP contribution < -0.4 is 0 Å². The molecule has 0 aromatic carbocycles. The van der Waals surface area contributed by atoms with E-state index in [1.807, 2.05) is 0 Å². The molecule has 0 aliphatic rings. The van der Waals surface area contributed by atoms with Crippen LogP contribution in [-0.4, -0.2) is 4.83 Å². The summed E-state index contributed by atoms with van der Waals surface area (Å²) in [6, 6.07) is 0. The molecule has 0 nitrogen and oxygen atoms in total. The number of hydrogen-bond donors (Lipinski definition) is 0. The molecule has 55 valence electrons. The Morgan fingerprint density at radius 1 is 1.44 bits per heavy atom. The van der Waals surface area contributed by atoms with Crippen LogP contribution in [0.1, 0.15) is 33.6 Å². The van der Waals surface area contributed by atoms with Gasteiger partial charge < -0.3 is 0 Å². The van der Waals surface area contributed by atoms with E-state index in [0.29, 0.717) is 4.83 Å². The minimum absolute atomic E-state index is 0.678. The molecule has 0 aromatic heterocycles. The van der Waals surface area contributed by atoms with Crippen LogP contribution in [0.25, 0.3) is 0 Å². The van der Waals surface area contributed by atoms with Gasteiger partial charge in [-0.2, -0.15) is 0 Å². The molecular weight excluding hydrogens is 176 g/mol. The first-order chi connectivity index (χ1) is 4.22. The third-order valence-corrected chi connectivity index (χ3v) is 3.05. The van der Waals surface area contributed by atoms with Crippen LogP contribution in [0, 0.1) is 12.3 Å². The fraction of sp³-hybridized carbons (Fsp3) is 0.875. The topological polar surface area (TPSA) is 0 Å². The monoisotopic (exact) mass is 191 g/mol. The van der Waals surface area contributed by atoms with Crippen LogP contribution in [0.2, 0.25) is 0 Å². The van der Waals surface area contributed by atoms with Crippen molar-refractivity contribution in [3.8, 4) is 0 Å². The highest BCUT2D eigenvalue weighted by Gasteiger charge is 2.09. The summed E-state index contributed by atoms with van der Waals surface area (Å²) in [7, 11) is 0. The van der Waals surface area contributed by atoms with Gasteiger partial charge in [-0.3, -0.25) is 0 Å². The highest BCUT2D eigenvalue weighted by Crippen LogP contribution is 2.19. The summed E-state index contributed by atoms with van der Waals surface area (Å²) in [6.45, 7) is 6.65. The van der Waals surface area contributed by atoms with E-state index < -0.39 is 0 Å². The third-order valence-electron chi connectivity index (χ3n) is 1.57. The lowest BCUT2D eigenvalue weighted by molar-refractivity contribution is 0.604. The van der Waals surface area contributed by atoms with Crippen molar-refractivity contribution in [1.82, 2.24) is 0 Å². The maximum atomic E-state index is 3.61. The molecule has 1 radical (unpaired) electrons. The zero-order valence-electron chi connectivity index (χ0n) is 6.52. The minimum atomic E-state index is 0.678. The van der Waals surface area contributed by atoms with E-state index in [1.54, 1.807) is 0 Å². The first-order valence-corrected chi connectivity index (χ1v) is 4.61. The molecule has 0 aliphatic carbocycles. The molecule has 2 atom stereocenters. The fourth-order valence-electron chi connectivity index (χ4n) is 0.891. The standard InChI is InChI=1S/C8H16Br/c1-4-6-7(3)8(9)5-2/h6-8H,4-5H2,1-3H3. The summed E-state index contributed by atoms with van der Waals surface area (Å²) in [4.78, 5) is 0.678. The van der Waals surface area contributed by atoms with Crippen molar-refractivity contribution in [1.29, 1.82) is 0 Å². The molecule has 0 aromatic rings. The van der Waals surface area contributed by atoms with E-state index in [0.717, 1.165) is 5.92 Å². The predicted octanol–water partition coefficient (Wildman–Crippen LogP) is 3.41. The van der Waals surface area contributed by atoms with Crippen LogP contribution in [0.15, 0.2) is 0 Å². The van der Waals surface area contributed by atoms with Crippen LogP contribution in [-0.2, 0) is 0 Å². The van der Waals surface area contributed by atoms with Gasteiger partial charge in [0.05, 0.1) is 0 Å². The van der Waals surface area contributed by atoms with E-state index in [4.69, 9.17) is 0 Å². The molecule has 2 unspecified atom stereocenters. The lowest BCUT2D eigenvalue weighted by Crippen LogP contribution is -2.09. The number of hydrogen-bond acceptors (Lipinski definition) is 0. The maximum Gasteiger partial charge on any atom is 0.0171 e. The van der Waals surface area contributed by atoms with Crippen molar-refractivity contribution in [3.05, 3.63) is 6.42 Å². The number of alkyl halides is 1. The molecule has 0 amide bonds. The summed E-state index contributed by atoms with van der Waals surface area (Å²) in [5.74, 6) is 0.722. The normalized spacial score (nSPS) is 17.3. The first-order valence-electron chi connectivity index (χ1n) is 3.69. The molecule has 0 rings (SSSR count). The average molecular weight is 192 g/mol. The number of halogens is 1. The highest BCUT2D eigenvalue weighted by atomic mass is 79.9.